The molecule has 1 N–H and O–H groups in total. The van der Waals surface area contributed by atoms with Crippen molar-refractivity contribution in [3.8, 4) is 0 Å². The Morgan fingerprint density at radius 3 is 2.17 bits per heavy atom. The maximum absolute atomic E-state index is 3.64. The summed E-state index contributed by atoms with van der Waals surface area (Å²) in [6.07, 6.45) is 2.70. The lowest BCUT2D eigenvalue weighted by atomic mass is 9.83. The highest BCUT2D eigenvalue weighted by Gasteiger charge is 2.42. The lowest BCUT2D eigenvalue weighted by molar-refractivity contribution is -0.0807. The molecule has 0 aromatic carbocycles. The first-order valence-electron chi connectivity index (χ1n) is 7.47. The van der Waals surface area contributed by atoms with Gasteiger partial charge in [-0.15, -0.1) is 0 Å². The minimum absolute atomic E-state index is 0.213. The van der Waals surface area contributed by atoms with Crippen LogP contribution in [0.3, 0.4) is 0 Å². The molecule has 0 saturated carbocycles. The summed E-state index contributed by atoms with van der Waals surface area (Å²) in [6.45, 7) is 17.6. The van der Waals surface area contributed by atoms with Crippen molar-refractivity contribution in [1.82, 2.24) is 15.3 Å². The predicted octanol–water partition coefficient (Wildman–Crippen LogP) is 2.48. The lowest BCUT2D eigenvalue weighted by Crippen LogP contribution is -2.67. The SMILES string of the molecule is CC(C)(C)N1CCC2CCNN(C(C)(C)C)C2C1. The number of rotatable bonds is 0. The molecule has 0 aromatic heterocycles. The molecule has 2 fully saturated rings. The van der Waals surface area contributed by atoms with Gasteiger partial charge in [0, 0.05) is 30.2 Å². The first-order valence-corrected chi connectivity index (χ1v) is 7.47. The van der Waals surface area contributed by atoms with Gasteiger partial charge in [0.2, 0.25) is 0 Å². The summed E-state index contributed by atoms with van der Waals surface area (Å²) < 4.78 is 0. The molecule has 2 aliphatic rings. The van der Waals surface area contributed by atoms with Crippen LogP contribution in [0.1, 0.15) is 54.4 Å². The lowest BCUT2D eigenvalue weighted by Gasteiger charge is -2.54. The van der Waals surface area contributed by atoms with Gasteiger partial charge in [0.15, 0.2) is 0 Å². The third-order valence-corrected chi connectivity index (χ3v) is 4.52. The molecule has 0 aromatic rings. The van der Waals surface area contributed by atoms with Crippen molar-refractivity contribution in [2.45, 2.75) is 71.5 Å². The fourth-order valence-electron chi connectivity index (χ4n) is 3.44. The van der Waals surface area contributed by atoms with Gasteiger partial charge < -0.3 is 0 Å². The molecule has 18 heavy (non-hydrogen) atoms. The van der Waals surface area contributed by atoms with Crippen molar-refractivity contribution in [2.75, 3.05) is 19.6 Å². The predicted molar refractivity (Wildman–Crippen MR) is 77.4 cm³/mol. The van der Waals surface area contributed by atoms with E-state index in [2.05, 4.69) is 56.9 Å². The summed E-state index contributed by atoms with van der Waals surface area (Å²) >= 11 is 0. The van der Waals surface area contributed by atoms with E-state index in [1.54, 1.807) is 0 Å². The van der Waals surface area contributed by atoms with E-state index in [4.69, 9.17) is 0 Å². The van der Waals surface area contributed by atoms with Gasteiger partial charge in [0.05, 0.1) is 0 Å². The largest absolute Gasteiger partial charge is 0.297 e. The van der Waals surface area contributed by atoms with Crippen LogP contribution in [-0.4, -0.2) is 46.7 Å². The second kappa shape index (κ2) is 4.77. The third-order valence-electron chi connectivity index (χ3n) is 4.52. The molecule has 2 atom stereocenters. The van der Waals surface area contributed by atoms with E-state index in [0.29, 0.717) is 11.6 Å². The highest BCUT2D eigenvalue weighted by molar-refractivity contribution is 4.96. The Kier molecular flexibility index (Phi) is 3.79. The molecule has 0 aliphatic carbocycles. The summed E-state index contributed by atoms with van der Waals surface area (Å²) in [5.41, 5.74) is 4.15. The highest BCUT2D eigenvalue weighted by Crippen LogP contribution is 2.33. The number of hydrogen-bond acceptors (Lipinski definition) is 3. The zero-order valence-corrected chi connectivity index (χ0v) is 13.1. The van der Waals surface area contributed by atoms with Gasteiger partial charge in [0.1, 0.15) is 0 Å². The van der Waals surface area contributed by atoms with Crippen LogP contribution in [0.25, 0.3) is 0 Å². The van der Waals surface area contributed by atoms with Crippen LogP contribution in [0.4, 0.5) is 0 Å². The molecule has 3 heteroatoms. The summed E-state index contributed by atoms with van der Waals surface area (Å²) in [5.74, 6) is 0.879. The van der Waals surface area contributed by atoms with Crippen molar-refractivity contribution < 1.29 is 0 Å². The summed E-state index contributed by atoms with van der Waals surface area (Å²) in [6, 6.07) is 0.673. The molecule has 2 unspecified atom stereocenters. The summed E-state index contributed by atoms with van der Waals surface area (Å²) in [5, 5.41) is 2.53. The van der Waals surface area contributed by atoms with Crippen LogP contribution in [0.2, 0.25) is 0 Å². The van der Waals surface area contributed by atoms with E-state index in [1.165, 1.54) is 25.9 Å². The van der Waals surface area contributed by atoms with Gasteiger partial charge in [-0.1, -0.05) is 0 Å². The summed E-state index contributed by atoms with van der Waals surface area (Å²) in [4.78, 5) is 2.65. The van der Waals surface area contributed by atoms with Crippen LogP contribution in [-0.2, 0) is 0 Å². The second-order valence-corrected chi connectivity index (χ2v) is 7.97. The minimum atomic E-state index is 0.213. The highest BCUT2D eigenvalue weighted by atomic mass is 15.6. The molecule has 2 heterocycles. The van der Waals surface area contributed by atoms with E-state index in [1.807, 2.05) is 0 Å². The van der Waals surface area contributed by atoms with Crippen molar-refractivity contribution in [3.63, 3.8) is 0 Å². The number of nitrogens with zero attached hydrogens (tertiary/aromatic N) is 2. The zero-order valence-electron chi connectivity index (χ0n) is 13.1. The maximum atomic E-state index is 3.64. The number of piperidine rings is 1. The molecule has 0 spiro atoms. The van der Waals surface area contributed by atoms with Crippen molar-refractivity contribution >= 4 is 0 Å². The van der Waals surface area contributed by atoms with Crippen LogP contribution in [0.15, 0.2) is 0 Å². The average molecular weight is 253 g/mol. The van der Waals surface area contributed by atoms with E-state index >= 15 is 0 Å². The molecule has 3 nitrogen and oxygen atoms in total. The maximum Gasteiger partial charge on any atom is 0.0406 e. The third kappa shape index (κ3) is 2.89. The normalized spacial score (nSPS) is 32.3. The first kappa shape index (κ1) is 14.3. The molecule has 106 valence electrons. The van der Waals surface area contributed by atoms with E-state index < -0.39 is 0 Å². The topological polar surface area (TPSA) is 18.5 Å². The minimum Gasteiger partial charge on any atom is -0.297 e. The Morgan fingerprint density at radius 1 is 0.944 bits per heavy atom. The summed E-state index contributed by atoms with van der Waals surface area (Å²) in [7, 11) is 0. The monoisotopic (exact) mass is 253 g/mol. The molecule has 2 rings (SSSR count). The molecule has 0 bridgehead atoms. The number of hydrogen-bond donors (Lipinski definition) is 1. The number of nitrogens with one attached hydrogen (secondary N) is 1. The standard InChI is InChI=1S/C15H31N3/c1-14(2,3)17-10-8-12-7-9-16-18(13(12)11-17)15(4,5)6/h12-13,16H,7-11H2,1-6H3. The number of hydrazine groups is 1. The fourth-order valence-corrected chi connectivity index (χ4v) is 3.44. The van der Waals surface area contributed by atoms with Crippen molar-refractivity contribution in [3.05, 3.63) is 0 Å². The van der Waals surface area contributed by atoms with Gasteiger partial charge in [0.25, 0.3) is 0 Å². The first-order chi connectivity index (χ1) is 8.19. The van der Waals surface area contributed by atoms with Crippen LogP contribution >= 0.6 is 0 Å². The van der Waals surface area contributed by atoms with Crippen LogP contribution < -0.4 is 5.43 Å². The molecular formula is C15H31N3. The van der Waals surface area contributed by atoms with Gasteiger partial charge in [-0.25, -0.2) is 5.01 Å². The van der Waals surface area contributed by atoms with E-state index in [-0.39, 0.29) is 5.54 Å². The van der Waals surface area contributed by atoms with Crippen LogP contribution in [0, 0.1) is 5.92 Å². The average Bonchev–Trinajstić information content (AvgIpc) is 2.25. The Bertz CT molecular complexity index is 287. The van der Waals surface area contributed by atoms with Crippen molar-refractivity contribution in [2.24, 2.45) is 5.92 Å². The Hall–Kier alpha value is -0.120. The zero-order chi connectivity index (χ0) is 13.6. The number of fused-ring (bicyclic) bond motifs is 1. The van der Waals surface area contributed by atoms with Gasteiger partial charge >= 0.3 is 0 Å². The van der Waals surface area contributed by atoms with E-state index in [9.17, 15) is 0 Å². The molecule has 0 radical (unpaired) electrons. The molecular weight excluding hydrogens is 222 g/mol. The Balaban J connectivity index is 2.13. The van der Waals surface area contributed by atoms with Crippen molar-refractivity contribution in [1.29, 1.82) is 0 Å². The van der Waals surface area contributed by atoms with Gasteiger partial charge in [-0.05, 0) is 66.8 Å². The Morgan fingerprint density at radius 2 is 1.61 bits per heavy atom. The number of likely N-dealkylation sites (tertiary alicyclic amines) is 1. The fraction of sp³-hybridized carbons (Fsp3) is 1.00. The quantitative estimate of drug-likeness (QED) is 0.715. The van der Waals surface area contributed by atoms with E-state index in [0.717, 1.165) is 12.5 Å². The van der Waals surface area contributed by atoms with Crippen LogP contribution in [0.5, 0.6) is 0 Å². The molecule has 0 amide bonds. The van der Waals surface area contributed by atoms with Gasteiger partial charge in [-0.3, -0.25) is 10.3 Å². The molecule has 2 aliphatic heterocycles. The molecule has 2 saturated heterocycles. The smallest absolute Gasteiger partial charge is 0.0406 e. The second-order valence-electron chi connectivity index (χ2n) is 7.97. The Labute approximate surface area is 113 Å². The van der Waals surface area contributed by atoms with Gasteiger partial charge in [-0.2, -0.15) is 0 Å².